The number of allylic oxidation sites excluding steroid dienone is 1. The van der Waals surface area contributed by atoms with E-state index < -0.39 is 0 Å². The summed E-state index contributed by atoms with van der Waals surface area (Å²) in [6, 6.07) is 19.1. The highest BCUT2D eigenvalue weighted by atomic mass is 14.9. The Morgan fingerprint density at radius 3 is 2.23 bits per heavy atom. The topological polar surface area (TPSA) is 12.0 Å². The maximum atomic E-state index is 4.22. The van der Waals surface area contributed by atoms with E-state index in [1.54, 1.807) is 0 Å². The Hall–Kier alpha value is -2.02. The standard InChI is InChI=1S/C16H23N.C9H12/c1-12-7-4-5-9-15(12)11-17-14(3)16-10-6-8-13(16)2;1-8(2)9-6-4-3-5-7-9/h4-5,7,9,13,16-17H,3,6,8,10-11H2,1-2H3;3-8H,1-2H3. The van der Waals surface area contributed by atoms with E-state index in [9.17, 15) is 0 Å². The minimum absolute atomic E-state index is 0.659. The smallest absolute Gasteiger partial charge is 0.0400 e. The third-order valence-electron chi connectivity index (χ3n) is 5.54. The lowest BCUT2D eigenvalue weighted by molar-refractivity contribution is 0.453. The molecule has 2 aromatic rings. The van der Waals surface area contributed by atoms with Crippen molar-refractivity contribution < 1.29 is 0 Å². The largest absolute Gasteiger partial charge is 0.384 e. The van der Waals surface area contributed by atoms with Gasteiger partial charge in [-0.2, -0.15) is 0 Å². The summed E-state index contributed by atoms with van der Waals surface area (Å²) in [7, 11) is 0. The van der Waals surface area contributed by atoms with Crippen LogP contribution in [0.4, 0.5) is 0 Å². The van der Waals surface area contributed by atoms with Gasteiger partial charge in [-0.25, -0.2) is 0 Å². The molecule has 1 N–H and O–H groups in total. The molecule has 1 nitrogen and oxygen atoms in total. The fourth-order valence-electron chi connectivity index (χ4n) is 3.65. The SMILES string of the molecule is C=C(NCc1ccccc1C)C1CCCC1C.CC(C)c1ccccc1. The molecule has 1 aliphatic carbocycles. The summed E-state index contributed by atoms with van der Waals surface area (Å²) < 4.78 is 0. The van der Waals surface area contributed by atoms with Crippen molar-refractivity contribution in [1.29, 1.82) is 0 Å². The molecule has 0 amide bonds. The van der Waals surface area contributed by atoms with Crippen molar-refractivity contribution in [2.75, 3.05) is 0 Å². The van der Waals surface area contributed by atoms with Crippen LogP contribution in [0.5, 0.6) is 0 Å². The van der Waals surface area contributed by atoms with Crippen molar-refractivity contribution in [2.24, 2.45) is 11.8 Å². The summed E-state index contributed by atoms with van der Waals surface area (Å²) in [4.78, 5) is 0. The van der Waals surface area contributed by atoms with Crippen molar-refractivity contribution in [3.8, 4) is 0 Å². The summed E-state index contributed by atoms with van der Waals surface area (Å²) >= 11 is 0. The summed E-state index contributed by atoms with van der Waals surface area (Å²) in [6.45, 7) is 14.0. The van der Waals surface area contributed by atoms with Gasteiger partial charge in [0.2, 0.25) is 0 Å². The number of benzene rings is 2. The van der Waals surface area contributed by atoms with Crippen LogP contribution in [0.15, 0.2) is 66.9 Å². The third kappa shape index (κ3) is 6.05. The van der Waals surface area contributed by atoms with Crippen molar-refractivity contribution in [2.45, 2.75) is 59.4 Å². The maximum Gasteiger partial charge on any atom is 0.0400 e. The van der Waals surface area contributed by atoms with Gasteiger partial charge < -0.3 is 5.32 Å². The predicted molar refractivity (Wildman–Crippen MR) is 114 cm³/mol. The Morgan fingerprint density at radius 2 is 1.69 bits per heavy atom. The molecule has 0 aliphatic heterocycles. The van der Waals surface area contributed by atoms with Crippen molar-refractivity contribution >= 4 is 0 Å². The molecule has 0 bridgehead atoms. The Morgan fingerprint density at radius 1 is 1.04 bits per heavy atom. The lowest BCUT2D eigenvalue weighted by Crippen LogP contribution is -2.21. The average molecular weight is 350 g/mol. The highest BCUT2D eigenvalue weighted by molar-refractivity contribution is 5.26. The fraction of sp³-hybridized carbons (Fsp3) is 0.440. The fourth-order valence-corrected chi connectivity index (χ4v) is 3.65. The normalized spacial score (nSPS) is 19.0. The van der Waals surface area contributed by atoms with Crippen molar-refractivity contribution in [3.63, 3.8) is 0 Å². The van der Waals surface area contributed by atoms with Gasteiger partial charge in [0.05, 0.1) is 0 Å². The van der Waals surface area contributed by atoms with Crippen LogP contribution in [-0.2, 0) is 6.54 Å². The first-order valence-electron chi connectivity index (χ1n) is 10.0. The molecule has 140 valence electrons. The van der Waals surface area contributed by atoms with Crippen LogP contribution in [0.2, 0.25) is 0 Å². The summed E-state index contributed by atoms with van der Waals surface area (Å²) in [5.74, 6) is 2.14. The minimum atomic E-state index is 0.659. The quantitative estimate of drug-likeness (QED) is 0.623. The summed E-state index contributed by atoms with van der Waals surface area (Å²) in [5.41, 5.74) is 5.38. The van der Waals surface area contributed by atoms with Crippen LogP contribution in [0, 0.1) is 18.8 Å². The van der Waals surface area contributed by atoms with E-state index in [0.29, 0.717) is 11.8 Å². The molecule has 26 heavy (non-hydrogen) atoms. The van der Waals surface area contributed by atoms with E-state index in [1.165, 1.54) is 41.6 Å². The van der Waals surface area contributed by atoms with Gasteiger partial charge in [0.1, 0.15) is 0 Å². The number of nitrogens with one attached hydrogen (secondary N) is 1. The van der Waals surface area contributed by atoms with E-state index in [2.05, 4.69) is 88.1 Å². The monoisotopic (exact) mass is 349 g/mol. The van der Waals surface area contributed by atoms with E-state index in [1.807, 2.05) is 6.07 Å². The van der Waals surface area contributed by atoms with Crippen molar-refractivity contribution in [3.05, 3.63) is 83.6 Å². The molecular formula is C25H35N. The van der Waals surface area contributed by atoms with Crippen LogP contribution in [0.3, 0.4) is 0 Å². The van der Waals surface area contributed by atoms with Gasteiger partial charge in [0, 0.05) is 18.2 Å². The molecule has 0 heterocycles. The van der Waals surface area contributed by atoms with Crippen molar-refractivity contribution in [1.82, 2.24) is 5.32 Å². The van der Waals surface area contributed by atoms with Crippen LogP contribution < -0.4 is 5.32 Å². The zero-order chi connectivity index (χ0) is 18.9. The van der Waals surface area contributed by atoms with Crippen LogP contribution in [0.25, 0.3) is 0 Å². The Kier molecular flexibility index (Phi) is 7.97. The van der Waals surface area contributed by atoms with Gasteiger partial charge >= 0.3 is 0 Å². The number of hydrogen-bond acceptors (Lipinski definition) is 1. The Labute approximate surface area is 160 Å². The minimum Gasteiger partial charge on any atom is -0.384 e. The molecular weight excluding hydrogens is 314 g/mol. The van der Waals surface area contributed by atoms with Gasteiger partial charge in [-0.1, -0.05) is 94.8 Å². The van der Waals surface area contributed by atoms with Gasteiger partial charge in [0.15, 0.2) is 0 Å². The van der Waals surface area contributed by atoms with E-state index in [-0.39, 0.29) is 0 Å². The number of hydrogen-bond donors (Lipinski definition) is 1. The molecule has 1 saturated carbocycles. The molecule has 3 rings (SSSR count). The molecule has 2 atom stereocenters. The molecule has 0 spiro atoms. The number of rotatable bonds is 5. The lowest BCUT2D eigenvalue weighted by atomic mass is 9.95. The highest BCUT2D eigenvalue weighted by Crippen LogP contribution is 2.34. The molecule has 1 aliphatic rings. The third-order valence-corrected chi connectivity index (χ3v) is 5.54. The maximum absolute atomic E-state index is 4.22. The average Bonchev–Trinajstić information content (AvgIpc) is 3.08. The van der Waals surface area contributed by atoms with Gasteiger partial charge in [-0.05, 0) is 41.9 Å². The van der Waals surface area contributed by atoms with E-state index >= 15 is 0 Å². The molecule has 1 heteroatoms. The molecule has 0 aromatic heterocycles. The predicted octanol–water partition coefficient (Wildman–Crippen LogP) is 6.84. The highest BCUT2D eigenvalue weighted by Gasteiger charge is 2.25. The second-order valence-corrected chi connectivity index (χ2v) is 7.89. The molecule has 2 unspecified atom stereocenters. The summed E-state index contributed by atoms with van der Waals surface area (Å²) in [6.07, 6.45) is 4.02. The van der Waals surface area contributed by atoms with Gasteiger partial charge in [0.25, 0.3) is 0 Å². The second-order valence-electron chi connectivity index (χ2n) is 7.89. The summed E-state index contributed by atoms with van der Waals surface area (Å²) in [5, 5.41) is 3.52. The van der Waals surface area contributed by atoms with Gasteiger partial charge in [-0.15, -0.1) is 0 Å². The molecule has 0 radical (unpaired) electrons. The molecule has 2 aromatic carbocycles. The Balaban J connectivity index is 0.000000228. The molecule has 1 fully saturated rings. The molecule has 0 saturated heterocycles. The van der Waals surface area contributed by atoms with Crippen LogP contribution >= 0.6 is 0 Å². The zero-order valence-electron chi connectivity index (χ0n) is 17.0. The first-order chi connectivity index (χ1) is 12.5. The van der Waals surface area contributed by atoms with E-state index in [0.717, 1.165) is 12.5 Å². The number of aryl methyl sites for hydroxylation is 1. The van der Waals surface area contributed by atoms with Gasteiger partial charge in [-0.3, -0.25) is 0 Å². The van der Waals surface area contributed by atoms with E-state index in [4.69, 9.17) is 0 Å². The lowest BCUT2D eigenvalue weighted by Gasteiger charge is -2.20. The first kappa shape index (κ1) is 20.3. The zero-order valence-corrected chi connectivity index (χ0v) is 17.0. The first-order valence-corrected chi connectivity index (χ1v) is 10.0. The Bertz CT molecular complexity index is 672. The van der Waals surface area contributed by atoms with Crippen LogP contribution in [-0.4, -0.2) is 0 Å². The second kappa shape index (κ2) is 10.2. The van der Waals surface area contributed by atoms with Crippen LogP contribution in [0.1, 0.15) is 62.6 Å².